The summed E-state index contributed by atoms with van der Waals surface area (Å²) < 4.78 is 27.1. The molecule has 0 saturated carbocycles. The summed E-state index contributed by atoms with van der Waals surface area (Å²) in [6.45, 7) is -0.133. The number of halogens is 2. The second-order valence-corrected chi connectivity index (χ2v) is 6.55. The predicted octanol–water partition coefficient (Wildman–Crippen LogP) is 3.16. The predicted molar refractivity (Wildman–Crippen MR) is 93.9 cm³/mol. The van der Waals surface area contributed by atoms with Crippen molar-refractivity contribution in [3.05, 3.63) is 59.2 Å². The topological polar surface area (TPSA) is 80.9 Å². The number of benzene rings is 2. The molecule has 4 N–H and O–H groups in total. The highest BCUT2D eigenvalue weighted by Gasteiger charge is 2.22. The number of aromatic hydroxyl groups is 2. The fourth-order valence-electron chi connectivity index (χ4n) is 3.20. The van der Waals surface area contributed by atoms with E-state index in [1.54, 1.807) is 12.1 Å². The summed E-state index contributed by atoms with van der Waals surface area (Å²) in [6.07, 6.45) is 2.00. The fourth-order valence-corrected chi connectivity index (χ4v) is 3.20. The van der Waals surface area contributed by atoms with Crippen molar-refractivity contribution < 1.29 is 29.2 Å². The van der Waals surface area contributed by atoms with Gasteiger partial charge < -0.3 is 20.4 Å². The lowest BCUT2D eigenvalue weighted by atomic mass is 9.80. The Labute approximate surface area is 151 Å². The molecule has 0 amide bonds. The second kappa shape index (κ2) is 9.50. The third-order valence-corrected chi connectivity index (χ3v) is 4.65. The molecule has 0 heterocycles. The summed E-state index contributed by atoms with van der Waals surface area (Å²) in [6, 6.07) is 8.29. The number of rotatable bonds is 9. The van der Waals surface area contributed by atoms with Gasteiger partial charge in [0, 0.05) is 13.2 Å². The molecule has 6 heteroatoms. The van der Waals surface area contributed by atoms with E-state index in [1.165, 1.54) is 24.3 Å². The molecule has 2 aromatic carbocycles. The molecule has 0 fully saturated rings. The molecule has 26 heavy (non-hydrogen) atoms. The van der Waals surface area contributed by atoms with Gasteiger partial charge in [0.1, 0.15) is 0 Å². The lowest BCUT2D eigenvalue weighted by Gasteiger charge is -2.26. The van der Waals surface area contributed by atoms with Crippen molar-refractivity contribution in [3.63, 3.8) is 0 Å². The highest BCUT2D eigenvalue weighted by molar-refractivity contribution is 5.29. The van der Waals surface area contributed by atoms with Gasteiger partial charge in [-0.2, -0.15) is 0 Å². The maximum atomic E-state index is 13.6. The molecule has 2 rings (SSSR count). The van der Waals surface area contributed by atoms with E-state index in [0.29, 0.717) is 36.8 Å². The second-order valence-electron chi connectivity index (χ2n) is 6.55. The molecule has 0 spiro atoms. The summed E-state index contributed by atoms with van der Waals surface area (Å²) in [7, 11) is 0. The van der Waals surface area contributed by atoms with Crippen LogP contribution >= 0.6 is 0 Å². The standard InChI is InChI=1S/C20H24F2O4/c21-17-10-13(3-5-19(17)25)8-15(2-1-7-23)16(12-24)9-14-4-6-20(26)18(22)11-14/h3-6,10-11,15-16,23-26H,1-2,7-9,12H2/t15-,16+/m1/s1. The minimum atomic E-state index is -0.716. The largest absolute Gasteiger partial charge is 0.505 e. The number of phenols is 2. The number of hydrogen-bond donors (Lipinski definition) is 4. The van der Waals surface area contributed by atoms with Gasteiger partial charge in [-0.1, -0.05) is 12.1 Å². The van der Waals surface area contributed by atoms with Crippen molar-refractivity contribution in [2.75, 3.05) is 13.2 Å². The van der Waals surface area contributed by atoms with Gasteiger partial charge in [-0.05, 0) is 72.9 Å². The Hall–Kier alpha value is -2.18. The minimum absolute atomic E-state index is 0.00637. The average Bonchev–Trinajstić information content (AvgIpc) is 2.62. The molecule has 0 aliphatic heterocycles. The summed E-state index contributed by atoms with van der Waals surface area (Å²) in [4.78, 5) is 0. The fraction of sp³-hybridized carbons (Fsp3) is 0.400. The van der Waals surface area contributed by atoms with Crippen LogP contribution in [0, 0.1) is 23.5 Å². The van der Waals surface area contributed by atoms with Gasteiger partial charge in [0.25, 0.3) is 0 Å². The zero-order valence-corrected chi connectivity index (χ0v) is 14.4. The number of hydrogen-bond acceptors (Lipinski definition) is 4. The van der Waals surface area contributed by atoms with Crippen LogP contribution in [0.25, 0.3) is 0 Å². The van der Waals surface area contributed by atoms with Crippen molar-refractivity contribution in [1.82, 2.24) is 0 Å². The van der Waals surface area contributed by atoms with Crippen LogP contribution in [0.1, 0.15) is 24.0 Å². The van der Waals surface area contributed by atoms with Crippen molar-refractivity contribution in [2.24, 2.45) is 11.8 Å². The van der Waals surface area contributed by atoms with E-state index in [1.807, 2.05) is 0 Å². The van der Waals surface area contributed by atoms with Crippen molar-refractivity contribution >= 4 is 0 Å². The van der Waals surface area contributed by atoms with Gasteiger partial charge in [-0.25, -0.2) is 8.78 Å². The number of aliphatic hydroxyl groups excluding tert-OH is 2. The van der Waals surface area contributed by atoms with E-state index in [0.717, 1.165) is 0 Å². The molecular weight excluding hydrogens is 342 g/mol. The van der Waals surface area contributed by atoms with Crippen LogP contribution in [0.3, 0.4) is 0 Å². The third-order valence-electron chi connectivity index (χ3n) is 4.65. The SMILES string of the molecule is OCCC[C@H](Cc1ccc(O)c(F)c1)[C@H](CO)Cc1ccc(O)c(F)c1. The van der Waals surface area contributed by atoms with Crippen LogP contribution in [0.4, 0.5) is 8.78 Å². The van der Waals surface area contributed by atoms with Crippen molar-refractivity contribution in [2.45, 2.75) is 25.7 Å². The molecule has 0 aliphatic rings. The van der Waals surface area contributed by atoms with E-state index in [-0.39, 0.29) is 25.0 Å². The van der Waals surface area contributed by atoms with Crippen LogP contribution < -0.4 is 0 Å². The van der Waals surface area contributed by atoms with Gasteiger partial charge in [0.2, 0.25) is 0 Å². The molecule has 142 valence electrons. The quantitative estimate of drug-likeness (QED) is 0.550. The molecule has 0 saturated heterocycles. The van der Waals surface area contributed by atoms with E-state index < -0.39 is 23.1 Å². The first-order chi connectivity index (χ1) is 12.4. The normalized spacial score (nSPS) is 13.5. The monoisotopic (exact) mass is 366 g/mol. The van der Waals surface area contributed by atoms with Crippen LogP contribution in [-0.2, 0) is 12.8 Å². The summed E-state index contributed by atoms with van der Waals surface area (Å²) in [5.41, 5.74) is 1.32. The molecule has 2 atom stereocenters. The molecular formula is C20H24F2O4. The lowest BCUT2D eigenvalue weighted by Crippen LogP contribution is -2.24. The third kappa shape index (κ3) is 5.41. The number of phenolic OH excluding ortho intramolecular Hbond substituents is 2. The molecule has 0 aromatic heterocycles. The summed E-state index contributed by atoms with van der Waals surface area (Å²) in [5, 5.41) is 37.6. The maximum Gasteiger partial charge on any atom is 0.165 e. The van der Waals surface area contributed by atoms with E-state index in [9.17, 15) is 24.1 Å². The van der Waals surface area contributed by atoms with Crippen molar-refractivity contribution in [3.8, 4) is 11.5 Å². The molecule has 0 unspecified atom stereocenters. The van der Waals surface area contributed by atoms with E-state index >= 15 is 0 Å². The Morgan fingerprint density at radius 1 is 0.769 bits per heavy atom. The maximum absolute atomic E-state index is 13.6. The van der Waals surface area contributed by atoms with Gasteiger partial charge in [0.05, 0.1) is 0 Å². The summed E-state index contributed by atoms with van der Waals surface area (Å²) >= 11 is 0. The lowest BCUT2D eigenvalue weighted by molar-refractivity contribution is 0.158. The van der Waals surface area contributed by atoms with Gasteiger partial charge >= 0.3 is 0 Å². The molecule has 0 bridgehead atoms. The number of aliphatic hydroxyl groups is 2. The molecule has 4 nitrogen and oxygen atoms in total. The van der Waals surface area contributed by atoms with E-state index in [4.69, 9.17) is 5.11 Å². The Morgan fingerprint density at radius 3 is 1.69 bits per heavy atom. The van der Waals surface area contributed by atoms with Crippen molar-refractivity contribution in [1.29, 1.82) is 0 Å². The van der Waals surface area contributed by atoms with Crippen LogP contribution in [-0.4, -0.2) is 33.6 Å². The van der Waals surface area contributed by atoms with E-state index in [2.05, 4.69) is 0 Å². The highest BCUT2D eigenvalue weighted by atomic mass is 19.1. The van der Waals surface area contributed by atoms with Gasteiger partial charge in [0.15, 0.2) is 23.1 Å². The Balaban J connectivity index is 2.17. The zero-order valence-electron chi connectivity index (χ0n) is 14.4. The molecule has 2 aromatic rings. The zero-order chi connectivity index (χ0) is 19.1. The minimum Gasteiger partial charge on any atom is -0.505 e. The molecule has 0 aliphatic carbocycles. The van der Waals surface area contributed by atoms with Crippen LogP contribution in [0.2, 0.25) is 0 Å². The first-order valence-corrected chi connectivity index (χ1v) is 8.61. The van der Waals surface area contributed by atoms with Gasteiger partial charge in [-0.3, -0.25) is 0 Å². The Kier molecular flexibility index (Phi) is 7.36. The Bertz CT molecular complexity index is 721. The summed E-state index contributed by atoms with van der Waals surface area (Å²) in [5.74, 6) is -2.55. The molecule has 0 radical (unpaired) electrons. The van der Waals surface area contributed by atoms with Crippen LogP contribution in [0.15, 0.2) is 36.4 Å². The van der Waals surface area contributed by atoms with Crippen LogP contribution in [0.5, 0.6) is 11.5 Å². The average molecular weight is 366 g/mol. The van der Waals surface area contributed by atoms with Gasteiger partial charge in [-0.15, -0.1) is 0 Å². The first-order valence-electron chi connectivity index (χ1n) is 8.61. The highest BCUT2D eigenvalue weighted by Crippen LogP contribution is 2.28. The Morgan fingerprint density at radius 2 is 1.27 bits per heavy atom. The smallest absolute Gasteiger partial charge is 0.165 e. The first kappa shape index (κ1) is 20.1.